The van der Waals surface area contributed by atoms with E-state index in [1.807, 2.05) is 103 Å². The van der Waals surface area contributed by atoms with Gasteiger partial charge >= 0.3 is 7.12 Å². The minimum atomic E-state index is -1.45. The van der Waals surface area contributed by atoms with Crippen molar-refractivity contribution in [3.05, 3.63) is 232 Å². The molecule has 8 nitrogen and oxygen atoms in total. The molecule has 0 amide bonds. The third-order valence-electron chi connectivity index (χ3n) is 10.0. The number of rotatable bonds is 8. The fourth-order valence-electron chi connectivity index (χ4n) is 7.04. The Labute approximate surface area is 404 Å². The molecule has 0 bridgehead atoms. The molecule has 12 heteroatoms. The summed E-state index contributed by atoms with van der Waals surface area (Å²) >= 11 is 10.4. The summed E-state index contributed by atoms with van der Waals surface area (Å²) < 4.78 is 2.88. The van der Waals surface area contributed by atoms with Crippen molar-refractivity contribution in [2.24, 2.45) is 0 Å². The van der Waals surface area contributed by atoms with Gasteiger partial charge in [-0.2, -0.15) is 0 Å². The molecule has 10 rings (SSSR count). The number of nitrogens with zero attached hydrogens (tertiary/aromatic N) is 6. The van der Waals surface area contributed by atoms with Crippen LogP contribution < -0.4 is 15.3 Å². The van der Waals surface area contributed by atoms with Gasteiger partial charge < -0.3 is 19.8 Å². The second kappa shape index (κ2) is 22.4. The molecule has 0 aliphatic rings. The molecule has 0 unspecified atom stereocenters. The van der Waals surface area contributed by atoms with Gasteiger partial charge in [0, 0.05) is 77.9 Å². The van der Waals surface area contributed by atoms with E-state index >= 15 is 0 Å². The van der Waals surface area contributed by atoms with Crippen molar-refractivity contribution in [2.75, 3.05) is 9.80 Å². The van der Waals surface area contributed by atoms with Crippen molar-refractivity contribution in [2.45, 2.75) is 7.43 Å². The van der Waals surface area contributed by atoms with Gasteiger partial charge in [-0.05, 0) is 150 Å². The zero-order valence-corrected chi connectivity index (χ0v) is 38.8. The van der Waals surface area contributed by atoms with E-state index in [4.69, 9.17) is 0 Å². The van der Waals surface area contributed by atoms with Crippen LogP contribution in [0.2, 0.25) is 0 Å². The Bertz CT molecular complexity index is 2950. The van der Waals surface area contributed by atoms with Gasteiger partial charge in [-0.25, -0.2) is 0 Å². The number of halogens is 3. The molecule has 0 saturated heterocycles. The summed E-state index contributed by atoms with van der Waals surface area (Å²) in [6, 6.07) is 64.8. The quantitative estimate of drug-likeness (QED) is 0.145. The molecular weight excluding hydrogens is 1000 g/mol. The van der Waals surface area contributed by atoms with Crippen molar-refractivity contribution in [1.82, 2.24) is 19.9 Å². The Morgan fingerprint density at radius 3 is 0.985 bits per heavy atom. The lowest BCUT2D eigenvalue weighted by atomic mass is 9.80. The third-order valence-corrected chi connectivity index (χ3v) is 12.0. The van der Waals surface area contributed by atoms with Gasteiger partial charge in [0.25, 0.3) is 0 Å². The first-order chi connectivity index (χ1) is 31.4. The highest BCUT2D eigenvalue weighted by Crippen LogP contribution is 2.37. The summed E-state index contributed by atoms with van der Waals surface area (Å²) in [5.74, 6) is 0. The van der Waals surface area contributed by atoms with E-state index in [0.29, 0.717) is 5.46 Å². The number of fused-ring (bicyclic) bond motifs is 2. The molecule has 10 aromatic rings. The molecule has 2 heterocycles. The van der Waals surface area contributed by atoms with Crippen molar-refractivity contribution in [1.29, 1.82) is 0 Å². The highest BCUT2D eigenvalue weighted by atomic mass is 79.9. The number of benzene rings is 8. The standard InChI is InChI=1S/C26H18BrN3.C18H16BNO2.C8H4Br2N2.CH4/c27-24-16-15-23(25-26(24)29-18-17-28-25)19-11-13-22(14-12-19)30(20-7-3-1-4-8-20)21-9-5-2-6-10-21;21-19(22)15-11-13-18(14-12-15)20(16-7-3-1-4-8-16)17-9-5-2-6-10-17;9-5-1-2-6(10)8-7(5)11-3-4-12-8;/h1-18H;1-14,21-22H;1-4H;1H4. The topological polar surface area (TPSA) is 98.5 Å². The highest BCUT2D eigenvalue weighted by molar-refractivity contribution is 9.11. The fraction of sp³-hybridized carbons (Fsp3) is 0.0189. The van der Waals surface area contributed by atoms with E-state index in [-0.39, 0.29) is 7.43 Å². The Morgan fingerprint density at radius 1 is 0.338 bits per heavy atom. The Kier molecular flexibility index (Phi) is 16.0. The van der Waals surface area contributed by atoms with Crippen molar-refractivity contribution in [3.8, 4) is 11.1 Å². The van der Waals surface area contributed by atoms with Gasteiger partial charge in [0.15, 0.2) is 0 Å². The van der Waals surface area contributed by atoms with Crippen molar-refractivity contribution < 1.29 is 10.0 Å². The van der Waals surface area contributed by atoms with Crippen LogP contribution in [0.25, 0.3) is 33.2 Å². The maximum absolute atomic E-state index is 9.23. The van der Waals surface area contributed by atoms with Gasteiger partial charge in [-0.15, -0.1) is 0 Å². The first-order valence-electron chi connectivity index (χ1n) is 20.2. The van der Waals surface area contributed by atoms with E-state index in [1.165, 1.54) is 0 Å². The van der Waals surface area contributed by atoms with E-state index in [2.05, 4.69) is 156 Å². The number of anilines is 6. The molecule has 0 aliphatic heterocycles. The van der Waals surface area contributed by atoms with Crippen LogP contribution in [0.1, 0.15) is 7.43 Å². The first kappa shape index (κ1) is 46.5. The Balaban J connectivity index is 0.000000158. The zero-order valence-electron chi connectivity index (χ0n) is 34.1. The Morgan fingerprint density at radius 2 is 0.631 bits per heavy atom. The van der Waals surface area contributed by atoms with Gasteiger partial charge in [0.1, 0.15) is 16.6 Å². The SMILES string of the molecule is Brc1ccc(-c2ccc(N(c3ccccc3)c3ccccc3)cc2)c2nccnc12.Brc1ccc(Br)c2nccnc12.C.OB(O)c1ccc(N(c2ccccc2)c2ccccc2)cc1. The van der Waals surface area contributed by atoms with Crippen LogP contribution in [0.5, 0.6) is 0 Å². The predicted octanol–water partition coefficient (Wildman–Crippen LogP) is 14.2. The number of hydrogen-bond acceptors (Lipinski definition) is 8. The van der Waals surface area contributed by atoms with Gasteiger partial charge in [0.05, 0.1) is 5.52 Å². The molecule has 0 spiro atoms. The average Bonchev–Trinajstić information content (AvgIpc) is 3.35. The lowest BCUT2D eigenvalue weighted by Crippen LogP contribution is -2.29. The van der Waals surface area contributed by atoms with Crippen molar-refractivity contribution in [3.63, 3.8) is 0 Å². The van der Waals surface area contributed by atoms with Crippen molar-refractivity contribution >= 4 is 117 Å². The van der Waals surface area contributed by atoms with Crippen LogP contribution in [0.3, 0.4) is 0 Å². The maximum Gasteiger partial charge on any atom is 0.488 e. The average molecular weight is 1050 g/mol. The lowest BCUT2D eigenvalue weighted by Gasteiger charge is -2.25. The van der Waals surface area contributed by atoms with Crippen LogP contribution in [0.4, 0.5) is 34.1 Å². The minimum Gasteiger partial charge on any atom is -0.423 e. The van der Waals surface area contributed by atoms with E-state index in [0.717, 1.165) is 80.7 Å². The highest BCUT2D eigenvalue weighted by Gasteiger charge is 2.16. The smallest absolute Gasteiger partial charge is 0.423 e. The summed E-state index contributed by atoms with van der Waals surface area (Å²) in [5.41, 5.74) is 12.6. The summed E-state index contributed by atoms with van der Waals surface area (Å²) in [6.45, 7) is 0. The molecule has 2 aromatic heterocycles. The molecule has 320 valence electrons. The summed E-state index contributed by atoms with van der Waals surface area (Å²) in [7, 11) is -1.45. The Hall–Kier alpha value is -6.54. The van der Waals surface area contributed by atoms with Gasteiger partial charge in [0.2, 0.25) is 0 Å². The first-order valence-corrected chi connectivity index (χ1v) is 22.5. The fourth-order valence-corrected chi connectivity index (χ4v) is 8.30. The van der Waals surface area contributed by atoms with Crippen LogP contribution in [-0.4, -0.2) is 37.1 Å². The van der Waals surface area contributed by atoms with Gasteiger partial charge in [-0.3, -0.25) is 19.9 Å². The molecular formula is C53H42BBr3N6O2. The molecule has 0 atom stereocenters. The molecule has 0 saturated carbocycles. The van der Waals surface area contributed by atoms with Crippen LogP contribution in [-0.2, 0) is 0 Å². The lowest BCUT2D eigenvalue weighted by molar-refractivity contribution is 0.426. The summed E-state index contributed by atoms with van der Waals surface area (Å²) in [5, 5.41) is 18.5. The predicted molar refractivity (Wildman–Crippen MR) is 280 cm³/mol. The zero-order chi connectivity index (χ0) is 44.3. The maximum atomic E-state index is 9.23. The minimum absolute atomic E-state index is 0. The molecule has 0 aliphatic carbocycles. The van der Waals surface area contributed by atoms with E-state index in [9.17, 15) is 10.0 Å². The third kappa shape index (κ3) is 11.2. The van der Waals surface area contributed by atoms with Gasteiger partial charge in [-0.1, -0.05) is 111 Å². The number of hydrogen-bond donors (Lipinski definition) is 2. The molecule has 8 aromatic carbocycles. The largest absolute Gasteiger partial charge is 0.488 e. The normalized spacial score (nSPS) is 10.4. The molecule has 2 N–H and O–H groups in total. The number of para-hydroxylation sites is 4. The van der Waals surface area contributed by atoms with E-state index in [1.54, 1.807) is 36.9 Å². The summed E-state index contributed by atoms with van der Waals surface area (Å²) in [6.07, 6.45) is 6.82. The monoisotopic (exact) mass is 1040 g/mol. The van der Waals surface area contributed by atoms with E-state index < -0.39 is 7.12 Å². The number of aromatic nitrogens is 4. The summed E-state index contributed by atoms with van der Waals surface area (Å²) in [4.78, 5) is 21.8. The van der Waals surface area contributed by atoms with Crippen LogP contribution in [0.15, 0.2) is 232 Å². The second-order valence-corrected chi connectivity index (χ2v) is 16.7. The van der Waals surface area contributed by atoms with Crippen LogP contribution >= 0.6 is 47.8 Å². The van der Waals surface area contributed by atoms with Crippen LogP contribution in [0, 0.1) is 0 Å². The molecule has 65 heavy (non-hydrogen) atoms. The second-order valence-electron chi connectivity index (χ2n) is 14.2. The molecule has 0 radical (unpaired) electrons. The molecule has 0 fully saturated rings.